The lowest BCUT2D eigenvalue weighted by Gasteiger charge is -2.38. The molecule has 2 aromatic heterocycles. The summed E-state index contributed by atoms with van der Waals surface area (Å²) in [5, 5.41) is 3.81. The summed E-state index contributed by atoms with van der Waals surface area (Å²) in [5.41, 5.74) is 0.172. The third-order valence-electron chi connectivity index (χ3n) is 5.80. The van der Waals surface area contributed by atoms with E-state index >= 15 is 0 Å². The monoisotopic (exact) mass is 450 g/mol. The minimum absolute atomic E-state index is 0.0460. The first-order valence-electron chi connectivity index (χ1n) is 10.1. The van der Waals surface area contributed by atoms with Crippen LogP contribution in [0.2, 0.25) is 5.02 Å². The molecule has 3 aromatic rings. The number of benzene rings is 1. The number of rotatable bonds is 2. The molecule has 1 aliphatic rings. The van der Waals surface area contributed by atoms with Crippen LogP contribution in [0.25, 0.3) is 16.9 Å². The topological polar surface area (TPSA) is 50.5 Å². The highest BCUT2D eigenvalue weighted by molar-refractivity contribution is 6.36. The van der Waals surface area contributed by atoms with Gasteiger partial charge in [0.25, 0.3) is 5.91 Å². The van der Waals surface area contributed by atoms with Crippen molar-refractivity contribution in [1.82, 2.24) is 19.5 Å². The summed E-state index contributed by atoms with van der Waals surface area (Å²) in [4.78, 5) is 19.2. The normalized spacial score (nSPS) is 19.8. The van der Waals surface area contributed by atoms with Gasteiger partial charge in [0.1, 0.15) is 5.02 Å². The molecule has 0 aliphatic carbocycles. The van der Waals surface area contributed by atoms with Crippen LogP contribution in [0.1, 0.15) is 54.9 Å². The smallest absolute Gasteiger partial charge is 0.332 e. The van der Waals surface area contributed by atoms with Crippen molar-refractivity contribution in [2.24, 2.45) is 0 Å². The Morgan fingerprint density at radius 2 is 1.74 bits per heavy atom. The number of alkyl halides is 3. The van der Waals surface area contributed by atoms with Crippen molar-refractivity contribution in [2.75, 3.05) is 0 Å². The quantitative estimate of drug-likeness (QED) is 0.497. The molecule has 1 amide bonds. The van der Waals surface area contributed by atoms with Gasteiger partial charge in [-0.1, -0.05) is 41.4 Å². The molecule has 0 saturated carbocycles. The van der Waals surface area contributed by atoms with Crippen molar-refractivity contribution in [3.05, 3.63) is 52.3 Å². The van der Waals surface area contributed by atoms with Crippen molar-refractivity contribution < 1.29 is 18.0 Å². The minimum atomic E-state index is -4.71. The predicted octanol–water partition coefficient (Wildman–Crippen LogP) is 5.78. The number of carbonyl (C=O) groups excluding carboxylic acids is 1. The molecule has 0 radical (unpaired) electrons. The molecule has 0 bridgehead atoms. The van der Waals surface area contributed by atoms with E-state index in [1.807, 2.05) is 20.8 Å². The summed E-state index contributed by atoms with van der Waals surface area (Å²) in [5.74, 6) is -0.472. The van der Waals surface area contributed by atoms with Crippen LogP contribution >= 0.6 is 11.6 Å². The zero-order chi connectivity index (χ0) is 22.5. The number of aryl methyl sites for hydroxylation is 1. The number of hydrogen-bond acceptors (Lipinski definition) is 3. The van der Waals surface area contributed by atoms with E-state index in [9.17, 15) is 18.0 Å². The second kappa shape index (κ2) is 7.82. The summed E-state index contributed by atoms with van der Waals surface area (Å²) in [6, 6.07) is 7.82. The molecule has 164 valence electrons. The highest BCUT2D eigenvalue weighted by Gasteiger charge is 2.38. The van der Waals surface area contributed by atoms with Gasteiger partial charge in [0.05, 0.1) is 5.69 Å². The molecule has 9 heteroatoms. The number of fused-ring (bicyclic) bond motifs is 1. The SMILES string of the molecule is Cc1ccc(-c2cc(C(F)(F)F)n3nc(C(=O)N4C(C)CCCC4C)c(Cl)c3n2)cc1. The van der Waals surface area contributed by atoms with Crippen LogP contribution < -0.4 is 0 Å². The third kappa shape index (κ3) is 3.89. The summed E-state index contributed by atoms with van der Waals surface area (Å²) in [6.45, 7) is 5.73. The molecule has 1 aromatic carbocycles. The molecule has 0 N–H and O–H groups in total. The van der Waals surface area contributed by atoms with Gasteiger partial charge in [-0.05, 0) is 46.1 Å². The molecule has 2 unspecified atom stereocenters. The van der Waals surface area contributed by atoms with Crippen LogP contribution in [0, 0.1) is 6.92 Å². The average molecular weight is 451 g/mol. The third-order valence-corrected chi connectivity index (χ3v) is 6.15. The molecule has 3 heterocycles. The highest BCUT2D eigenvalue weighted by atomic mass is 35.5. The Morgan fingerprint density at radius 3 is 2.32 bits per heavy atom. The number of nitrogens with zero attached hydrogens (tertiary/aromatic N) is 4. The standard InChI is InChI=1S/C22H22ClF3N4O/c1-12-7-9-15(10-8-12)16-11-17(22(24,25)26)30-20(27-16)18(23)19(28-30)21(31)29-13(2)5-4-6-14(29)3/h7-11,13-14H,4-6H2,1-3H3. The molecule has 1 aliphatic heterocycles. The number of amides is 1. The van der Waals surface area contributed by atoms with Crippen molar-refractivity contribution in [2.45, 2.75) is 58.3 Å². The van der Waals surface area contributed by atoms with E-state index in [0.29, 0.717) is 10.1 Å². The van der Waals surface area contributed by atoms with Crippen LogP contribution in [0.3, 0.4) is 0 Å². The Kier molecular flexibility index (Phi) is 5.45. The van der Waals surface area contributed by atoms with Gasteiger partial charge in [0.15, 0.2) is 17.0 Å². The molecule has 5 nitrogen and oxygen atoms in total. The lowest BCUT2D eigenvalue weighted by atomic mass is 9.97. The van der Waals surface area contributed by atoms with E-state index in [1.54, 1.807) is 29.2 Å². The maximum Gasteiger partial charge on any atom is 0.433 e. The number of hydrogen-bond donors (Lipinski definition) is 0. The second-order valence-electron chi connectivity index (χ2n) is 8.13. The van der Waals surface area contributed by atoms with Gasteiger partial charge in [-0.15, -0.1) is 0 Å². The first kappa shape index (κ1) is 21.6. The van der Waals surface area contributed by atoms with Crippen LogP contribution in [0.4, 0.5) is 13.2 Å². The number of piperidine rings is 1. The Balaban J connectivity index is 1.89. The first-order chi connectivity index (χ1) is 14.6. The van der Waals surface area contributed by atoms with Crippen molar-refractivity contribution in [1.29, 1.82) is 0 Å². The summed E-state index contributed by atoms with van der Waals surface area (Å²) >= 11 is 6.41. The lowest BCUT2D eigenvalue weighted by molar-refractivity contribution is -0.142. The van der Waals surface area contributed by atoms with Gasteiger partial charge in [-0.3, -0.25) is 4.79 Å². The molecule has 31 heavy (non-hydrogen) atoms. The Labute approximate surface area is 182 Å². The minimum Gasteiger partial charge on any atom is -0.332 e. The molecule has 4 rings (SSSR count). The number of halogens is 4. The molecule has 1 fully saturated rings. The zero-order valence-corrected chi connectivity index (χ0v) is 18.1. The maximum atomic E-state index is 13.9. The van der Waals surface area contributed by atoms with Crippen LogP contribution in [0.5, 0.6) is 0 Å². The van der Waals surface area contributed by atoms with Crippen molar-refractivity contribution in [3.63, 3.8) is 0 Å². The first-order valence-corrected chi connectivity index (χ1v) is 10.5. The van der Waals surface area contributed by atoms with Crippen LogP contribution in [0.15, 0.2) is 30.3 Å². The molecule has 1 saturated heterocycles. The molecule has 0 spiro atoms. The van der Waals surface area contributed by atoms with Gasteiger partial charge < -0.3 is 4.90 Å². The summed E-state index contributed by atoms with van der Waals surface area (Å²) in [6.07, 6.45) is -2.07. The van der Waals surface area contributed by atoms with E-state index < -0.39 is 17.8 Å². The Morgan fingerprint density at radius 1 is 1.13 bits per heavy atom. The van der Waals surface area contributed by atoms with Crippen LogP contribution in [-0.4, -0.2) is 37.5 Å². The number of carbonyl (C=O) groups is 1. The van der Waals surface area contributed by atoms with Gasteiger partial charge in [-0.2, -0.15) is 18.3 Å². The average Bonchev–Trinajstić information content (AvgIpc) is 3.03. The molecule has 2 atom stereocenters. The predicted molar refractivity (Wildman–Crippen MR) is 112 cm³/mol. The second-order valence-corrected chi connectivity index (χ2v) is 8.51. The zero-order valence-electron chi connectivity index (χ0n) is 17.4. The van der Waals surface area contributed by atoms with Crippen molar-refractivity contribution >= 4 is 23.2 Å². The lowest BCUT2D eigenvalue weighted by Crippen LogP contribution is -2.47. The summed E-state index contributed by atoms with van der Waals surface area (Å²) in [7, 11) is 0. The fourth-order valence-electron chi connectivity index (χ4n) is 4.15. The molecular weight excluding hydrogens is 429 g/mol. The maximum absolute atomic E-state index is 13.9. The van der Waals surface area contributed by atoms with Gasteiger partial charge in [0, 0.05) is 17.6 Å². The highest BCUT2D eigenvalue weighted by Crippen LogP contribution is 2.35. The summed E-state index contributed by atoms with van der Waals surface area (Å²) < 4.78 is 42.2. The van der Waals surface area contributed by atoms with Gasteiger partial charge in [0.2, 0.25) is 0 Å². The van der Waals surface area contributed by atoms with Gasteiger partial charge in [-0.25, -0.2) is 9.50 Å². The van der Waals surface area contributed by atoms with Crippen molar-refractivity contribution in [3.8, 4) is 11.3 Å². The van der Waals surface area contributed by atoms with E-state index in [-0.39, 0.29) is 34.1 Å². The van der Waals surface area contributed by atoms with Crippen LogP contribution in [-0.2, 0) is 6.18 Å². The fraction of sp³-hybridized carbons (Fsp3) is 0.409. The molecular formula is C22H22ClF3N4O. The van der Waals surface area contributed by atoms with E-state index in [2.05, 4.69) is 10.1 Å². The number of aromatic nitrogens is 3. The van der Waals surface area contributed by atoms with E-state index in [0.717, 1.165) is 30.9 Å². The fourth-order valence-corrected chi connectivity index (χ4v) is 4.39. The van der Waals surface area contributed by atoms with E-state index in [1.165, 1.54) is 0 Å². The Bertz CT molecular complexity index is 1130. The number of likely N-dealkylation sites (tertiary alicyclic amines) is 1. The largest absolute Gasteiger partial charge is 0.433 e. The Hall–Kier alpha value is -2.61. The van der Waals surface area contributed by atoms with E-state index in [4.69, 9.17) is 11.6 Å². The van der Waals surface area contributed by atoms with Gasteiger partial charge >= 0.3 is 6.18 Å².